The van der Waals surface area contributed by atoms with Crippen molar-refractivity contribution in [3.63, 3.8) is 0 Å². The zero-order valence-corrected chi connectivity index (χ0v) is 16.5. The van der Waals surface area contributed by atoms with Crippen LogP contribution in [0.25, 0.3) is 11.0 Å². The fraction of sp³-hybridized carbons (Fsp3) is 0.286. The Morgan fingerprint density at radius 3 is 2.58 bits per heavy atom. The van der Waals surface area contributed by atoms with Crippen LogP contribution >= 0.6 is 15.9 Å². The lowest BCUT2D eigenvalue weighted by Crippen LogP contribution is -2.08. The highest BCUT2D eigenvalue weighted by molar-refractivity contribution is 9.10. The SMILES string of the molecule is CCCC(=O)Oc1c(CCc2ccc(OC)cc2)oc2ccc(Br)cc12. The van der Waals surface area contributed by atoms with Crippen LogP contribution in [0, 0.1) is 0 Å². The van der Waals surface area contributed by atoms with Crippen molar-refractivity contribution < 1.29 is 18.7 Å². The van der Waals surface area contributed by atoms with E-state index in [4.69, 9.17) is 13.9 Å². The average Bonchev–Trinajstić information content (AvgIpc) is 2.97. The van der Waals surface area contributed by atoms with Gasteiger partial charge in [0.05, 0.1) is 12.5 Å². The summed E-state index contributed by atoms with van der Waals surface area (Å²) in [7, 11) is 1.65. The van der Waals surface area contributed by atoms with Crippen molar-refractivity contribution in [1.29, 1.82) is 0 Å². The Kier molecular flexibility index (Phi) is 5.99. The predicted molar refractivity (Wildman–Crippen MR) is 105 cm³/mol. The molecular weight excluding hydrogens is 396 g/mol. The highest BCUT2D eigenvalue weighted by Crippen LogP contribution is 2.36. The summed E-state index contributed by atoms with van der Waals surface area (Å²) in [4.78, 5) is 12.0. The second-order valence-corrected chi connectivity index (χ2v) is 6.98. The molecule has 0 saturated carbocycles. The second kappa shape index (κ2) is 8.41. The zero-order chi connectivity index (χ0) is 18.5. The summed E-state index contributed by atoms with van der Waals surface area (Å²) in [6, 6.07) is 13.6. The predicted octanol–water partition coefficient (Wildman–Crippen LogP) is 5.69. The van der Waals surface area contributed by atoms with E-state index < -0.39 is 0 Å². The molecule has 1 heterocycles. The first kappa shape index (κ1) is 18.5. The number of carbonyl (C=O) groups is 1. The lowest BCUT2D eigenvalue weighted by atomic mass is 10.1. The monoisotopic (exact) mass is 416 g/mol. The first-order valence-corrected chi connectivity index (χ1v) is 9.44. The molecule has 136 valence electrons. The van der Waals surface area contributed by atoms with Gasteiger partial charge >= 0.3 is 5.97 Å². The van der Waals surface area contributed by atoms with Crippen LogP contribution in [-0.2, 0) is 17.6 Å². The van der Waals surface area contributed by atoms with Crippen molar-refractivity contribution in [2.45, 2.75) is 32.6 Å². The molecule has 5 heteroatoms. The maximum absolute atomic E-state index is 12.0. The van der Waals surface area contributed by atoms with Gasteiger partial charge in [-0.3, -0.25) is 4.79 Å². The van der Waals surface area contributed by atoms with Crippen LogP contribution in [0.2, 0.25) is 0 Å². The third-order valence-electron chi connectivity index (χ3n) is 4.14. The van der Waals surface area contributed by atoms with Crippen molar-refractivity contribution in [2.24, 2.45) is 0 Å². The molecular formula is C21H21BrO4. The number of fused-ring (bicyclic) bond motifs is 1. The number of methoxy groups -OCH3 is 1. The Balaban J connectivity index is 1.86. The number of halogens is 1. The Morgan fingerprint density at radius 1 is 1.12 bits per heavy atom. The van der Waals surface area contributed by atoms with Gasteiger partial charge in [-0.25, -0.2) is 0 Å². The van der Waals surface area contributed by atoms with Crippen LogP contribution in [0.4, 0.5) is 0 Å². The van der Waals surface area contributed by atoms with Crippen molar-refractivity contribution in [3.05, 3.63) is 58.3 Å². The molecule has 26 heavy (non-hydrogen) atoms. The van der Waals surface area contributed by atoms with Crippen molar-refractivity contribution in [2.75, 3.05) is 7.11 Å². The van der Waals surface area contributed by atoms with Gasteiger partial charge in [0, 0.05) is 17.3 Å². The molecule has 2 aromatic carbocycles. The maximum Gasteiger partial charge on any atom is 0.311 e. The van der Waals surface area contributed by atoms with Gasteiger partial charge in [0.25, 0.3) is 0 Å². The van der Waals surface area contributed by atoms with Gasteiger partial charge in [-0.15, -0.1) is 0 Å². The molecule has 0 fully saturated rings. The summed E-state index contributed by atoms with van der Waals surface area (Å²) in [5.74, 6) is 1.82. The second-order valence-electron chi connectivity index (χ2n) is 6.07. The lowest BCUT2D eigenvalue weighted by Gasteiger charge is -2.06. The molecule has 3 aromatic rings. The van der Waals surface area contributed by atoms with Crippen LogP contribution in [0.1, 0.15) is 31.1 Å². The molecule has 0 unspecified atom stereocenters. The van der Waals surface area contributed by atoms with Crippen LogP contribution in [0.15, 0.2) is 51.4 Å². The Labute approximate surface area is 161 Å². The van der Waals surface area contributed by atoms with Gasteiger partial charge in [0.1, 0.15) is 17.1 Å². The lowest BCUT2D eigenvalue weighted by molar-refractivity contribution is -0.134. The average molecular weight is 417 g/mol. The first-order chi connectivity index (χ1) is 12.6. The number of hydrogen-bond acceptors (Lipinski definition) is 4. The Morgan fingerprint density at radius 2 is 1.88 bits per heavy atom. The third kappa shape index (κ3) is 4.28. The fourth-order valence-corrected chi connectivity index (χ4v) is 3.15. The summed E-state index contributed by atoms with van der Waals surface area (Å²) >= 11 is 3.47. The number of furan rings is 1. The molecule has 0 amide bonds. The summed E-state index contributed by atoms with van der Waals surface area (Å²) in [6.07, 6.45) is 2.56. The molecule has 0 bridgehead atoms. The van der Waals surface area contributed by atoms with Crippen LogP contribution in [0.3, 0.4) is 0 Å². The fourth-order valence-electron chi connectivity index (χ4n) is 2.79. The molecule has 0 saturated heterocycles. The Hall–Kier alpha value is -2.27. The van der Waals surface area contributed by atoms with E-state index in [1.807, 2.05) is 49.4 Å². The van der Waals surface area contributed by atoms with Gasteiger partial charge < -0.3 is 13.9 Å². The van der Waals surface area contributed by atoms with Gasteiger partial charge in [0.2, 0.25) is 0 Å². The molecule has 0 radical (unpaired) electrons. The van der Waals surface area contributed by atoms with Gasteiger partial charge in [0.15, 0.2) is 5.75 Å². The van der Waals surface area contributed by atoms with Gasteiger partial charge in [-0.2, -0.15) is 0 Å². The molecule has 0 aliphatic carbocycles. The summed E-state index contributed by atoms with van der Waals surface area (Å²) in [5.41, 5.74) is 1.88. The normalized spacial score (nSPS) is 10.9. The summed E-state index contributed by atoms with van der Waals surface area (Å²) in [5, 5.41) is 0.813. The van der Waals surface area contributed by atoms with Crippen LogP contribution in [0.5, 0.6) is 11.5 Å². The molecule has 0 aliphatic heterocycles. The zero-order valence-electron chi connectivity index (χ0n) is 14.9. The minimum atomic E-state index is -0.235. The summed E-state index contributed by atoms with van der Waals surface area (Å²) < 4.78 is 17.7. The molecule has 0 atom stereocenters. The number of ether oxygens (including phenoxy) is 2. The quantitative estimate of drug-likeness (QED) is 0.463. The van der Waals surface area contributed by atoms with Gasteiger partial charge in [-0.1, -0.05) is 35.0 Å². The standard InChI is InChI=1S/C21H21BrO4/c1-3-4-20(23)26-21-17-13-15(22)8-12-18(17)25-19(21)11-7-14-5-9-16(24-2)10-6-14/h5-6,8-10,12-13H,3-4,7,11H2,1-2H3. The number of benzene rings is 2. The molecule has 0 N–H and O–H groups in total. The minimum absolute atomic E-state index is 0.235. The third-order valence-corrected chi connectivity index (χ3v) is 4.64. The van der Waals surface area contributed by atoms with Crippen molar-refractivity contribution in [3.8, 4) is 11.5 Å². The largest absolute Gasteiger partial charge is 0.497 e. The van der Waals surface area contributed by atoms with Gasteiger partial charge in [-0.05, 0) is 48.7 Å². The minimum Gasteiger partial charge on any atom is -0.497 e. The highest BCUT2D eigenvalue weighted by Gasteiger charge is 2.19. The number of carbonyl (C=O) groups excluding carboxylic acids is 1. The smallest absolute Gasteiger partial charge is 0.311 e. The maximum atomic E-state index is 12.0. The molecule has 0 spiro atoms. The molecule has 3 rings (SSSR count). The Bertz CT molecular complexity index is 896. The van der Waals surface area contributed by atoms with E-state index >= 15 is 0 Å². The number of rotatable bonds is 7. The highest BCUT2D eigenvalue weighted by atomic mass is 79.9. The topological polar surface area (TPSA) is 48.7 Å². The molecule has 4 nitrogen and oxygen atoms in total. The molecule has 0 aliphatic rings. The first-order valence-electron chi connectivity index (χ1n) is 8.65. The number of hydrogen-bond donors (Lipinski definition) is 0. The molecule has 1 aromatic heterocycles. The number of esters is 1. The van der Waals surface area contributed by atoms with E-state index in [2.05, 4.69) is 15.9 Å². The van der Waals surface area contributed by atoms with E-state index in [0.717, 1.165) is 34.0 Å². The van der Waals surface area contributed by atoms with E-state index in [1.54, 1.807) is 7.11 Å². The summed E-state index contributed by atoms with van der Waals surface area (Å²) in [6.45, 7) is 1.95. The van der Waals surface area contributed by atoms with E-state index in [9.17, 15) is 4.79 Å². The van der Waals surface area contributed by atoms with E-state index in [-0.39, 0.29) is 5.97 Å². The van der Waals surface area contributed by atoms with Crippen molar-refractivity contribution >= 4 is 32.9 Å². The van der Waals surface area contributed by atoms with E-state index in [1.165, 1.54) is 5.56 Å². The van der Waals surface area contributed by atoms with Crippen LogP contribution in [-0.4, -0.2) is 13.1 Å². The number of aryl methyl sites for hydroxylation is 2. The van der Waals surface area contributed by atoms with E-state index in [0.29, 0.717) is 24.4 Å². The van der Waals surface area contributed by atoms with Crippen LogP contribution < -0.4 is 9.47 Å². The van der Waals surface area contributed by atoms with Crippen molar-refractivity contribution in [1.82, 2.24) is 0 Å².